The lowest BCUT2D eigenvalue weighted by molar-refractivity contribution is 0.00578. The molecule has 0 unspecified atom stereocenters. The molecular weight excluding hydrogens is 467 g/mol. The van der Waals surface area contributed by atoms with Gasteiger partial charge in [0.2, 0.25) is 0 Å². The minimum absolute atomic E-state index is 0.279. The van der Waals surface area contributed by atoms with E-state index in [1.807, 2.05) is 70.2 Å². The fourth-order valence-electron chi connectivity index (χ4n) is 3.58. The van der Waals surface area contributed by atoms with E-state index in [0.717, 1.165) is 31.5 Å². The maximum Gasteiger partial charge on any atom is 0.494 e. The highest BCUT2D eigenvalue weighted by Gasteiger charge is 2.51. The molecule has 1 heterocycles. The van der Waals surface area contributed by atoms with Gasteiger partial charge in [-0.25, -0.2) is 0 Å². The Morgan fingerprint density at radius 2 is 1.06 bits per heavy atom. The van der Waals surface area contributed by atoms with E-state index >= 15 is 0 Å². The number of phenolic OH excluding ortho intramolecular Hbond substituents is 2. The number of phenols is 2. The summed E-state index contributed by atoms with van der Waals surface area (Å²) < 4.78 is 13.2. The van der Waals surface area contributed by atoms with Crippen LogP contribution >= 0.6 is 15.9 Å². The van der Waals surface area contributed by atoms with Crippen LogP contribution in [0.15, 0.2) is 77.3 Å². The molecule has 6 heteroatoms. The van der Waals surface area contributed by atoms with Crippen LogP contribution in [0.25, 0.3) is 21.5 Å². The molecule has 0 atom stereocenters. The Morgan fingerprint density at radius 1 is 0.625 bits per heavy atom. The molecule has 0 amide bonds. The average Bonchev–Trinajstić information content (AvgIpc) is 2.95. The highest BCUT2D eigenvalue weighted by Crippen LogP contribution is 2.36. The zero-order valence-corrected chi connectivity index (χ0v) is 20.2. The van der Waals surface area contributed by atoms with E-state index in [-0.39, 0.29) is 24.1 Å². The largest absolute Gasteiger partial charge is 0.508 e. The monoisotopic (exact) mass is 492 g/mol. The van der Waals surface area contributed by atoms with E-state index in [1.54, 1.807) is 24.3 Å². The lowest BCUT2D eigenvalue weighted by atomic mass is 9.78. The molecule has 164 valence electrons. The summed E-state index contributed by atoms with van der Waals surface area (Å²) in [5.41, 5.74) is 0.338. The standard InChI is InChI=1S/C16H19BO3.C10H7BrO/c1-15(2)16(3,4)20-17(19-15)13-7-5-12-10-14(18)8-6-11(12)9-13;11-9-3-1-8-6-10(12)4-2-7(8)5-9/h5-10,18H,1-4H3;1-6,12H. The molecule has 1 aliphatic heterocycles. The number of halogens is 1. The normalized spacial score (nSPS) is 16.7. The summed E-state index contributed by atoms with van der Waals surface area (Å²) in [7, 11) is -0.349. The molecule has 32 heavy (non-hydrogen) atoms. The van der Waals surface area contributed by atoms with Crippen LogP contribution in [0.4, 0.5) is 0 Å². The fourth-order valence-corrected chi connectivity index (χ4v) is 3.96. The van der Waals surface area contributed by atoms with Gasteiger partial charge in [-0.15, -0.1) is 0 Å². The van der Waals surface area contributed by atoms with Crippen molar-refractivity contribution in [2.24, 2.45) is 0 Å². The van der Waals surface area contributed by atoms with Crippen LogP contribution in [0.2, 0.25) is 0 Å². The third kappa shape index (κ3) is 4.63. The maximum absolute atomic E-state index is 9.50. The van der Waals surface area contributed by atoms with Crippen LogP contribution in [0.3, 0.4) is 0 Å². The molecule has 5 rings (SSSR count). The molecule has 4 nitrogen and oxygen atoms in total. The molecule has 0 aromatic heterocycles. The van der Waals surface area contributed by atoms with Gasteiger partial charge in [0, 0.05) is 4.47 Å². The van der Waals surface area contributed by atoms with Crippen molar-refractivity contribution < 1.29 is 19.5 Å². The lowest BCUT2D eigenvalue weighted by Gasteiger charge is -2.32. The van der Waals surface area contributed by atoms with Crippen LogP contribution in [0, 0.1) is 0 Å². The number of aromatic hydroxyl groups is 2. The van der Waals surface area contributed by atoms with Gasteiger partial charge in [0.05, 0.1) is 11.2 Å². The molecule has 1 aliphatic rings. The number of rotatable bonds is 1. The number of benzene rings is 4. The highest BCUT2D eigenvalue weighted by molar-refractivity contribution is 9.10. The first-order valence-electron chi connectivity index (χ1n) is 10.5. The first-order chi connectivity index (χ1) is 15.0. The Labute approximate surface area is 197 Å². The molecule has 0 bridgehead atoms. The van der Waals surface area contributed by atoms with E-state index < -0.39 is 0 Å². The molecule has 0 aliphatic carbocycles. The smallest absolute Gasteiger partial charge is 0.494 e. The van der Waals surface area contributed by atoms with Gasteiger partial charge in [0.15, 0.2) is 0 Å². The second-order valence-electron chi connectivity index (χ2n) is 9.05. The van der Waals surface area contributed by atoms with E-state index in [0.29, 0.717) is 5.75 Å². The predicted molar refractivity (Wildman–Crippen MR) is 135 cm³/mol. The minimum Gasteiger partial charge on any atom is -0.508 e. The first kappa shape index (κ1) is 22.7. The van der Waals surface area contributed by atoms with E-state index in [9.17, 15) is 10.2 Å². The van der Waals surface area contributed by atoms with Crippen molar-refractivity contribution in [2.75, 3.05) is 0 Å². The van der Waals surface area contributed by atoms with Crippen molar-refractivity contribution in [3.63, 3.8) is 0 Å². The molecule has 4 aromatic rings. The van der Waals surface area contributed by atoms with Gasteiger partial charge >= 0.3 is 7.12 Å². The van der Waals surface area contributed by atoms with Gasteiger partial charge in [-0.05, 0) is 91.1 Å². The van der Waals surface area contributed by atoms with E-state index in [2.05, 4.69) is 22.0 Å². The van der Waals surface area contributed by atoms with E-state index in [1.165, 1.54) is 0 Å². The Kier molecular flexibility index (Phi) is 5.97. The highest BCUT2D eigenvalue weighted by atomic mass is 79.9. The first-order valence-corrected chi connectivity index (χ1v) is 11.3. The molecule has 2 N–H and O–H groups in total. The Morgan fingerprint density at radius 3 is 1.62 bits per heavy atom. The summed E-state index contributed by atoms with van der Waals surface area (Å²) in [4.78, 5) is 0. The summed E-state index contributed by atoms with van der Waals surface area (Å²) in [5, 5.41) is 22.9. The fraction of sp³-hybridized carbons (Fsp3) is 0.231. The van der Waals surface area contributed by atoms with Crippen molar-refractivity contribution >= 4 is 50.1 Å². The zero-order valence-electron chi connectivity index (χ0n) is 18.6. The lowest BCUT2D eigenvalue weighted by Crippen LogP contribution is -2.41. The van der Waals surface area contributed by atoms with Gasteiger partial charge in [0.25, 0.3) is 0 Å². The summed E-state index contributed by atoms with van der Waals surface area (Å²) in [6, 6.07) is 22.7. The predicted octanol–water partition coefficient (Wildman–Crippen LogP) is 6.15. The van der Waals surface area contributed by atoms with Crippen molar-refractivity contribution in [3.8, 4) is 11.5 Å². The second-order valence-corrected chi connectivity index (χ2v) is 9.97. The molecule has 4 aromatic carbocycles. The van der Waals surface area contributed by atoms with Crippen LogP contribution in [0.5, 0.6) is 11.5 Å². The quantitative estimate of drug-likeness (QED) is 0.313. The van der Waals surface area contributed by atoms with Gasteiger partial charge in [-0.1, -0.05) is 52.3 Å². The van der Waals surface area contributed by atoms with Crippen molar-refractivity contribution in [3.05, 3.63) is 77.3 Å². The molecule has 1 fully saturated rings. The van der Waals surface area contributed by atoms with Gasteiger partial charge in [-0.3, -0.25) is 0 Å². The maximum atomic E-state index is 9.50. The Hall–Kier alpha value is -2.54. The molecule has 1 saturated heterocycles. The van der Waals surface area contributed by atoms with Crippen LogP contribution in [0.1, 0.15) is 27.7 Å². The minimum atomic E-state index is -0.349. The van der Waals surface area contributed by atoms with E-state index in [4.69, 9.17) is 9.31 Å². The van der Waals surface area contributed by atoms with Gasteiger partial charge in [-0.2, -0.15) is 0 Å². The second kappa shape index (κ2) is 8.43. The average molecular weight is 493 g/mol. The molecule has 0 saturated carbocycles. The molecule has 0 radical (unpaired) electrons. The summed E-state index contributed by atoms with van der Waals surface area (Å²) in [5.74, 6) is 0.589. The van der Waals surface area contributed by atoms with Gasteiger partial charge < -0.3 is 19.5 Å². The van der Waals surface area contributed by atoms with Crippen LogP contribution < -0.4 is 5.46 Å². The van der Waals surface area contributed by atoms with Crippen LogP contribution in [-0.4, -0.2) is 28.5 Å². The number of fused-ring (bicyclic) bond motifs is 2. The third-order valence-corrected chi connectivity index (χ3v) is 6.65. The summed E-state index contributed by atoms with van der Waals surface area (Å²) >= 11 is 3.39. The number of hydrogen-bond donors (Lipinski definition) is 2. The van der Waals surface area contributed by atoms with Crippen LogP contribution in [-0.2, 0) is 9.31 Å². The van der Waals surface area contributed by atoms with Gasteiger partial charge in [0.1, 0.15) is 11.5 Å². The Bertz CT molecular complexity index is 1230. The van der Waals surface area contributed by atoms with Crippen molar-refractivity contribution in [1.29, 1.82) is 0 Å². The summed E-state index contributed by atoms with van der Waals surface area (Å²) in [6.45, 7) is 8.19. The third-order valence-electron chi connectivity index (χ3n) is 6.16. The molecular formula is C26H26BBrO4. The zero-order chi connectivity index (χ0) is 23.1. The van der Waals surface area contributed by atoms with Crippen molar-refractivity contribution in [2.45, 2.75) is 38.9 Å². The van der Waals surface area contributed by atoms with Crippen molar-refractivity contribution in [1.82, 2.24) is 0 Å². The summed E-state index contributed by atoms with van der Waals surface area (Å²) in [6.07, 6.45) is 0. The Balaban J connectivity index is 0.000000174. The number of hydrogen-bond acceptors (Lipinski definition) is 4. The molecule has 0 spiro atoms. The topological polar surface area (TPSA) is 58.9 Å². The SMILES string of the molecule is CC1(C)OB(c2ccc3cc(O)ccc3c2)OC1(C)C.Oc1ccc2cc(Br)ccc2c1.